The first kappa shape index (κ1) is 13.1. The van der Waals surface area contributed by atoms with Crippen LogP contribution in [0.5, 0.6) is 5.75 Å². The summed E-state index contributed by atoms with van der Waals surface area (Å²) in [5.41, 5.74) is 0.960. The number of rotatable bonds is 5. The molecule has 0 aromatic heterocycles. The topological polar surface area (TPSA) is 21.3 Å². The summed E-state index contributed by atoms with van der Waals surface area (Å²) in [5, 5.41) is 3.35. The smallest absolute Gasteiger partial charge is 0.387 e. The molecule has 2 nitrogen and oxygen atoms in total. The van der Waals surface area contributed by atoms with Crippen molar-refractivity contribution in [3.05, 3.63) is 24.3 Å². The van der Waals surface area contributed by atoms with Crippen LogP contribution >= 0.6 is 0 Å². The number of anilines is 1. The summed E-state index contributed by atoms with van der Waals surface area (Å²) in [4.78, 5) is 0. The standard InChI is InChI=1S/C14H19F2NO/c15-14(16)18-13-8-6-12(7-9-13)17-10-11-4-2-1-3-5-11/h6-9,11,14,17H,1-5,10H2. The third kappa shape index (κ3) is 4.17. The molecule has 0 bridgehead atoms. The first-order valence-corrected chi connectivity index (χ1v) is 6.53. The first-order valence-electron chi connectivity index (χ1n) is 6.53. The Kier molecular flexibility index (Phi) is 4.79. The summed E-state index contributed by atoms with van der Waals surface area (Å²) >= 11 is 0. The maximum atomic E-state index is 12.0. The molecule has 0 atom stereocenters. The summed E-state index contributed by atoms with van der Waals surface area (Å²) in [5.74, 6) is 0.948. The number of halogens is 2. The molecular weight excluding hydrogens is 236 g/mol. The molecule has 0 radical (unpaired) electrons. The third-order valence-corrected chi connectivity index (χ3v) is 3.40. The molecular formula is C14H19F2NO. The molecule has 0 unspecified atom stereocenters. The summed E-state index contributed by atoms with van der Waals surface area (Å²) in [6.45, 7) is -1.79. The van der Waals surface area contributed by atoms with Crippen molar-refractivity contribution in [1.82, 2.24) is 0 Å². The molecule has 4 heteroatoms. The summed E-state index contributed by atoms with van der Waals surface area (Å²) < 4.78 is 28.3. The van der Waals surface area contributed by atoms with Crippen molar-refractivity contribution in [1.29, 1.82) is 0 Å². The fourth-order valence-electron chi connectivity index (χ4n) is 2.41. The molecule has 1 aromatic rings. The lowest BCUT2D eigenvalue weighted by Gasteiger charge is -2.22. The molecule has 1 aliphatic carbocycles. The minimum Gasteiger partial charge on any atom is -0.435 e. The van der Waals surface area contributed by atoms with Crippen LogP contribution in [0.25, 0.3) is 0 Å². The van der Waals surface area contributed by atoms with Gasteiger partial charge in [0.1, 0.15) is 5.75 Å². The highest BCUT2D eigenvalue weighted by Gasteiger charge is 2.12. The predicted octanol–water partition coefficient (Wildman–Crippen LogP) is 4.28. The molecule has 1 aromatic carbocycles. The number of benzene rings is 1. The molecule has 0 spiro atoms. The Morgan fingerprint density at radius 3 is 2.39 bits per heavy atom. The minimum absolute atomic E-state index is 0.202. The van der Waals surface area contributed by atoms with Crippen molar-refractivity contribution >= 4 is 5.69 Å². The minimum atomic E-state index is -2.76. The van der Waals surface area contributed by atoms with Crippen LogP contribution < -0.4 is 10.1 Å². The Hall–Kier alpha value is -1.32. The molecule has 100 valence electrons. The Labute approximate surface area is 106 Å². The van der Waals surface area contributed by atoms with E-state index in [-0.39, 0.29) is 5.75 Å². The lowest BCUT2D eigenvalue weighted by atomic mass is 9.89. The molecule has 18 heavy (non-hydrogen) atoms. The second-order valence-electron chi connectivity index (χ2n) is 4.79. The van der Waals surface area contributed by atoms with Crippen LogP contribution in [-0.4, -0.2) is 13.2 Å². The van der Waals surface area contributed by atoms with Gasteiger partial charge in [-0.1, -0.05) is 19.3 Å². The number of ether oxygens (including phenoxy) is 1. The maximum absolute atomic E-state index is 12.0. The van der Waals surface area contributed by atoms with E-state index in [1.54, 1.807) is 24.3 Å². The average Bonchev–Trinajstić information content (AvgIpc) is 2.38. The van der Waals surface area contributed by atoms with Gasteiger partial charge >= 0.3 is 6.61 Å². The summed E-state index contributed by atoms with van der Waals surface area (Å²) in [6.07, 6.45) is 6.59. The summed E-state index contributed by atoms with van der Waals surface area (Å²) in [7, 11) is 0. The highest BCUT2D eigenvalue weighted by atomic mass is 19.3. The van der Waals surface area contributed by atoms with Gasteiger partial charge in [0.05, 0.1) is 0 Å². The van der Waals surface area contributed by atoms with E-state index in [1.165, 1.54) is 32.1 Å². The van der Waals surface area contributed by atoms with Crippen molar-refractivity contribution in [2.75, 3.05) is 11.9 Å². The van der Waals surface area contributed by atoms with Crippen LogP contribution in [0.3, 0.4) is 0 Å². The van der Waals surface area contributed by atoms with E-state index in [9.17, 15) is 8.78 Å². The third-order valence-electron chi connectivity index (χ3n) is 3.40. The van der Waals surface area contributed by atoms with Gasteiger partial charge in [-0.3, -0.25) is 0 Å². The van der Waals surface area contributed by atoms with E-state index in [2.05, 4.69) is 10.1 Å². The van der Waals surface area contributed by atoms with E-state index < -0.39 is 6.61 Å². The SMILES string of the molecule is FC(F)Oc1ccc(NCC2CCCCC2)cc1. The molecule has 1 N–H and O–H groups in total. The van der Waals surface area contributed by atoms with Crippen molar-refractivity contribution < 1.29 is 13.5 Å². The zero-order chi connectivity index (χ0) is 12.8. The molecule has 0 aliphatic heterocycles. The molecule has 1 saturated carbocycles. The number of alkyl halides is 2. The van der Waals surface area contributed by atoms with Crippen molar-refractivity contribution in [3.63, 3.8) is 0 Å². The quantitative estimate of drug-likeness (QED) is 0.847. The van der Waals surface area contributed by atoms with Gasteiger partial charge in [0, 0.05) is 12.2 Å². The van der Waals surface area contributed by atoms with Crippen LogP contribution in [0.2, 0.25) is 0 Å². The lowest BCUT2D eigenvalue weighted by Crippen LogP contribution is -2.17. The van der Waals surface area contributed by atoms with E-state index in [0.717, 1.165) is 18.2 Å². The van der Waals surface area contributed by atoms with Crippen LogP contribution in [0.1, 0.15) is 32.1 Å². The zero-order valence-corrected chi connectivity index (χ0v) is 10.4. The molecule has 2 rings (SSSR count). The van der Waals surface area contributed by atoms with Crippen LogP contribution in [0.15, 0.2) is 24.3 Å². The Morgan fingerprint density at radius 1 is 1.11 bits per heavy atom. The van der Waals surface area contributed by atoms with Gasteiger partial charge in [-0.25, -0.2) is 0 Å². The fourth-order valence-corrected chi connectivity index (χ4v) is 2.41. The van der Waals surface area contributed by atoms with Gasteiger partial charge in [-0.15, -0.1) is 0 Å². The number of hydrogen-bond acceptors (Lipinski definition) is 2. The second kappa shape index (κ2) is 6.57. The predicted molar refractivity (Wildman–Crippen MR) is 68.1 cm³/mol. The average molecular weight is 255 g/mol. The Bertz CT molecular complexity index is 347. The van der Waals surface area contributed by atoms with E-state index in [1.807, 2.05) is 0 Å². The molecule has 1 fully saturated rings. The van der Waals surface area contributed by atoms with Gasteiger partial charge in [-0.05, 0) is 43.0 Å². The van der Waals surface area contributed by atoms with Crippen LogP contribution in [0, 0.1) is 5.92 Å². The zero-order valence-electron chi connectivity index (χ0n) is 10.4. The fraction of sp³-hybridized carbons (Fsp3) is 0.571. The second-order valence-corrected chi connectivity index (χ2v) is 4.79. The molecule has 0 saturated heterocycles. The highest BCUT2D eigenvalue weighted by molar-refractivity contribution is 5.46. The van der Waals surface area contributed by atoms with Gasteiger partial charge < -0.3 is 10.1 Å². The van der Waals surface area contributed by atoms with Gasteiger partial charge in [-0.2, -0.15) is 8.78 Å². The van der Waals surface area contributed by atoms with Crippen LogP contribution in [-0.2, 0) is 0 Å². The highest BCUT2D eigenvalue weighted by Crippen LogP contribution is 2.24. The Morgan fingerprint density at radius 2 is 1.78 bits per heavy atom. The van der Waals surface area contributed by atoms with Crippen molar-refractivity contribution in [2.24, 2.45) is 5.92 Å². The number of nitrogens with one attached hydrogen (secondary N) is 1. The number of hydrogen-bond donors (Lipinski definition) is 1. The van der Waals surface area contributed by atoms with Gasteiger partial charge in [0.2, 0.25) is 0 Å². The largest absolute Gasteiger partial charge is 0.435 e. The van der Waals surface area contributed by atoms with E-state index in [0.29, 0.717) is 0 Å². The summed E-state index contributed by atoms with van der Waals surface area (Å²) in [6, 6.07) is 6.69. The normalized spacial score (nSPS) is 16.8. The molecule has 1 aliphatic rings. The van der Waals surface area contributed by atoms with Gasteiger partial charge in [0.15, 0.2) is 0 Å². The first-order chi connectivity index (χ1) is 8.74. The maximum Gasteiger partial charge on any atom is 0.387 e. The van der Waals surface area contributed by atoms with E-state index in [4.69, 9.17) is 0 Å². The lowest BCUT2D eigenvalue weighted by molar-refractivity contribution is -0.0498. The van der Waals surface area contributed by atoms with Crippen LogP contribution in [0.4, 0.5) is 14.5 Å². The molecule has 0 amide bonds. The van der Waals surface area contributed by atoms with Gasteiger partial charge in [0.25, 0.3) is 0 Å². The van der Waals surface area contributed by atoms with E-state index >= 15 is 0 Å². The Balaban J connectivity index is 1.78. The monoisotopic (exact) mass is 255 g/mol. The van der Waals surface area contributed by atoms with Crippen molar-refractivity contribution in [2.45, 2.75) is 38.7 Å². The van der Waals surface area contributed by atoms with Crippen molar-refractivity contribution in [3.8, 4) is 5.75 Å². The molecule has 0 heterocycles.